The quantitative estimate of drug-likeness (QED) is 0.288. The zero-order chi connectivity index (χ0) is 21.6. The van der Waals surface area contributed by atoms with Crippen molar-refractivity contribution in [2.75, 3.05) is 0 Å². The lowest BCUT2D eigenvalue weighted by Gasteiger charge is -2.16. The molecule has 0 aliphatic carbocycles. The number of benzene rings is 2. The van der Waals surface area contributed by atoms with Gasteiger partial charge in [-0.15, -0.1) is 11.3 Å². The Morgan fingerprint density at radius 3 is 2.68 bits per heavy atom. The Hall–Kier alpha value is -3.42. The minimum absolute atomic E-state index is 0.295. The third-order valence-electron chi connectivity index (χ3n) is 4.72. The lowest BCUT2D eigenvalue weighted by atomic mass is 10.0. The van der Waals surface area contributed by atoms with Crippen molar-refractivity contribution in [3.05, 3.63) is 93.3 Å². The second-order valence-corrected chi connectivity index (χ2v) is 8.24. The lowest BCUT2D eigenvalue weighted by molar-refractivity contribution is -0.122. The monoisotopic (exact) mass is 450 g/mol. The molecule has 0 aliphatic rings. The molecule has 2 aromatic heterocycles. The average molecular weight is 451 g/mol. The van der Waals surface area contributed by atoms with Crippen LogP contribution in [0, 0.1) is 0 Å². The number of carbonyl (C=O) groups excluding carboxylic acids is 2. The first-order chi connectivity index (χ1) is 15.1. The molecule has 1 atom stereocenters. The van der Waals surface area contributed by atoms with Gasteiger partial charge < -0.3 is 10.3 Å². The van der Waals surface area contributed by atoms with E-state index in [4.69, 9.17) is 11.6 Å². The highest BCUT2D eigenvalue weighted by Gasteiger charge is 2.23. The van der Waals surface area contributed by atoms with Crippen molar-refractivity contribution in [1.29, 1.82) is 0 Å². The van der Waals surface area contributed by atoms with Crippen molar-refractivity contribution >= 4 is 51.9 Å². The van der Waals surface area contributed by atoms with Gasteiger partial charge in [-0.05, 0) is 40.8 Å². The third kappa shape index (κ3) is 5.20. The van der Waals surface area contributed by atoms with Crippen LogP contribution >= 0.6 is 22.9 Å². The maximum absolute atomic E-state index is 12.9. The summed E-state index contributed by atoms with van der Waals surface area (Å²) in [5.74, 6) is -0.697. The van der Waals surface area contributed by atoms with Gasteiger partial charge in [0.1, 0.15) is 6.04 Å². The van der Waals surface area contributed by atoms with Crippen molar-refractivity contribution in [2.45, 2.75) is 12.5 Å². The van der Waals surface area contributed by atoms with Crippen molar-refractivity contribution in [3.63, 3.8) is 0 Å². The number of thiophene rings is 1. The highest BCUT2D eigenvalue weighted by atomic mass is 35.5. The number of amides is 2. The van der Waals surface area contributed by atoms with E-state index in [1.54, 1.807) is 36.4 Å². The summed E-state index contributed by atoms with van der Waals surface area (Å²) in [5, 5.41) is 10.3. The summed E-state index contributed by atoms with van der Waals surface area (Å²) in [4.78, 5) is 29.2. The predicted molar refractivity (Wildman–Crippen MR) is 125 cm³/mol. The van der Waals surface area contributed by atoms with Gasteiger partial charge in [0, 0.05) is 28.5 Å². The van der Waals surface area contributed by atoms with Crippen LogP contribution < -0.4 is 10.7 Å². The number of halogens is 1. The number of hydrazone groups is 1. The fourth-order valence-corrected chi connectivity index (χ4v) is 3.92. The first kappa shape index (κ1) is 20.8. The second-order valence-electron chi connectivity index (χ2n) is 6.85. The number of fused-ring (bicyclic) bond motifs is 1. The maximum atomic E-state index is 12.9. The molecule has 0 fully saturated rings. The highest BCUT2D eigenvalue weighted by molar-refractivity contribution is 7.12. The molecule has 0 bridgehead atoms. The van der Waals surface area contributed by atoms with Gasteiger partial charge in [-0.1, -0.05) is 48.0 Å². The van der Waals surface area contributed by atoms with Crippen LogP contribution in [0.3, 0.4) is 0 Å². The fourth-order valence-electron chi connectivity index (χ4n) is 3.16. The molecule has 4 rings (SSSR count). The zero-order valence-electron chi connectivity index (χ0n) is 16.3. The van der Waals surface area contributed by atoms with Crippen molar-refractivity contribution in [2.24, 2.45) is 5.10 Å². The molecule has 8 heteroatoms. The van der Waals surface area contributed by atoms with Gasteiger partial charge >= 0.3 is 0 Å². The molecule has 3 N–H and O–H groups in total. The van der Waals surface area contributed by atoms with Crippen LogP contribution in [0.4, 0.5) is 0 Å². The number of para-hydroxylation sites is 1. The van der Waals surface area contributed by atoms with Crippen LogP contribution in [0.2, 0.25) is 5.02 Å². The number of H-pyrrole nitrogens is 1. The lowest BCUT2D eigenvalue weighted by Crippen LogP contribution is -2.46. The number of nitrogens with zero attached hydrogens (tertiary/aromatic N) is 1. The summed E-state index contributed by atoms with van der Waals surface area (Å²) in [6.45, 7) is 0. The zero-order valence-corrected chi connectivity index (χ0v) is 17.9. The average Bonchev–Trinajstić information content (AvgIpc) is 3.45. The Kier molecular flexibility index (Phi) is 6.45. The summed E-state index contributed by atoms with van der Waals surface area (Å²) in [6.07, 6.45) is 3.71. The molecule has 0 saturated heterocycles. The molecular formula is C23H19ClN4O2S. The van der Waals surface area contributed by atoms with Gasteiger partial charge in [-0.2, -0.15) is 5.10 Å². The standard InChI is InChI=1S/C23H19ClN4O2S/c24-17-9-7-15(8-10-17)13-26-28-22(29)20(27-23(30)21-6-3-11-31-21)12-16-14-25-19-5-2-1-4-18(16)19/h1-11,13-14,20,25H,12H2,(H,27,30)(H,28,29). The Bertz CT molecular complexity index is 1220. The molecule has 2 aromatic carbocycles. The Balaban J connectivity index is 1.51. The molecule has 31 heavy (non-hydrogen) atoms. The van der Waals surface area contributed by atoms with E-state index in [1.807, 2.05) is 35.8 Å². The minimum Gasteiger partial charge on any atom is -0.361 e. The Labute approximate surface area is 187 Å². The number of hydrogen-bond donors (Lipinski definition) is 3. The van der Waals surface area contributed by atoms with Crippen molar-refractivity contribution in [1.82, 2.24) is 15.7 Å². The number of aromatic amines is 1. The van der Waals surface area contributed by atoms with Crippen molar-refractivity contribution < 1.29 is 9.59 Å². The van der Waals surface area contributed by atoms with Crippen LogP contribution in [-0.4, -0.2) is 29.1 Å². The molecule has 0 aliphatic heterocycles. The molecular weight excluding hydrogens is 432 g/mol. The number of carbonyl (C=O) groups is 2. The first-order valence-corrected chi connectivity index (χ1v) is 10.8. The molecule has 6 nitrogen and oxygen atoms in total. The summed E-state index contributed by atoms with van der Waals surface area (Å²) >= 11 is 7.20. The summed E-state index contributed by atoms with van der Waals surface area (Å²) in [5.41, 5.74) is 5.23. The van der Waals surface area contributed by atoms with E-state index in [9.17, 15) is 9.59 Å². The van der Waals surface area contributed by atoms with Crippen LogP contribution in [0.5, 0.6) is 0 Å². The highest BCUT2D eigenvalue weighted by Crippen LogP contribution is 2.19. The van der Waals surface area contributed by atoms with E-state index in [-0.39, 0.29) is 5.91 Å². The molecule has 0 saturated carbocycles. The molecule has 2 amide bonds. The predicted octanol–water partition coefficient (Wildman–Crippen LogP) is 4.37. The maximum Gasteiger partial charge on any atom is 0.262 e. The van der Waals surface area contributed by atoms with Gasteiger partial charge in [0.05, 0.1) is 11.1 Å². The second kappa shape index (κ2) is 9.59. The number of nitrogens with one attached hydrogen (secondary N) is 3. The Morgan fingerprint density at radius 2 is 1.90 bits per heavy atom. The third-order valence-corrected chi connectivity index (χ3v) is 5.84. The van der Waals surface area contributed by atoms with E-state index in [0.717, 1.165) is 22.0 Å². The molecule has 156 valence electrons. The van der Waals surface area contributed by atoms with E-state index < -0.39 is 11.9 Å². The molecule has 0 spiro atoms. The van der Waals surface area contributed by atoms with Crippen LogP contribution in [0.15, 0.2) is 77.3 Å². The van der Waals surface area contributed by atoms with Crippen LogP contribution in [0.25, 0.3) is 10.9 Å². The smallest absolute Gasteiger partial charge is 0.262 e. The molecule has 1 unspecified atom stereocenters. The number of rotatable bonds is 7. The normalized spacial score (nSPS) is 12.2. The van der Waals surface area contributed by atoms with Crippen molar-refractivity contribution in [3.8, 4) is 0 Å². The van der Waals surface area contributed by atoms with Gasteiger partial charge in [0.2, 0.25) is 0 Å². The SMILES string of the molecule is O=C(NC(Cc1c[nH]c2ccccc12)C(=O)NN=Cc1ccc(Cl)cc1)c1cccs1. The van der Waals surface area contributed by atoms with Gasteiger partial charge in [-0.3, -0.25) is 9.59 Å². The largest absolute Gasteiger partial charge is 0.361 e. The summed E-state index contributed by atoms with van der Waals surface area (Å²) in [6, 6.07) is 17.6. The molecule has 2 heterocycles. The first-order valence-electron chi connectivity index (χ1n) is 9.58. The number of aromatic nitrogens is 1. The molecule has 4 aromatic rings. The van der Waals surface area contributed by atoms with Gasteiger partial charge in [-0.25, -0.2) is 5.43 Å². The van der Waals surface area contributed by atoms with Crippen LogP contribution in [0.1, 0.15) is 20.8 Å². The minimum atomic E-state index is -0.795. The van der Waals surface area contributed by atoms with Gasteiger partial charge in [0.25, 0.3) is 11.8 Å². The molecule has 0 radical (unpaired) electrons. The van der Waals surface area contributed by atoms with E-state index in [2.05, 4.69) is 20.8 Å². The summed E-state index contributed by atoms with van der Waals surface area (Å²) < 4.78 is 0. The van der Waals surface area contributed by atoms with E-state index >= 15 is 0 Å². The Morgan fingerprint density at radius 1 is 1.10 bits per heavy atom. The number of hydrogen-bond acceptors (Lipinski definition) is 4. The van der Waals surface area contributed by atoms with Crippen LogP contribution in [-0.2, 0) is 11.2 Å². The van der Waals surface area contributed by atoms with E-state index in [0.29, 0.717) is 16.3 Å². The van der Waals surface area contributed by atoms with E-state index in [1.165, 1.54) is 17.6 Å². The topological polar surface area (TPSA) is 86.3 Å². The fraction of sp³-hybridized carbons (Fsp3) is 0.0870. The summed E-state index contributed by atoms with van der Waals surface area (Å²) in [7, 11) is 0. The van der Waals surface area contributed by atoms with Gasteiger partial charge in [0.15, 0.2) is 0 Å².